The third-order valence-corrected chi connectivity index (χ3v) is 4.90. The average molecular weight is 340 g/mol. The van der Waals surface area contributed by atoms with Crippen molar-refractivity contribution < 1.29 is 13.5 Å². The maximum Gasteiger partial charge on any atom is 0.261 e. The van der Waals surface area contributed by atoms with E-state index in [-0.39, 0.29) is 10.6 Å². The summed E-state index contributed by atoms with van der Waals surface area (Å²) in [5, 5.41) is 9.57. The molecule has 0 aliphatic carbocycles. The zero-order chi connectivity index (χ0) is 17.2. The monoisotopic (exact) mass is 340 g/mol. The van der Waals surface area contributed by atoms with Crippen LogP contribution in [0.25, 0.3) is 11.1 Å². The Hall–Kier alpha value is -2.99. The van der Waals surface area contributed by atoms with E-state index in [1.165, 1.54) is 12.1 Å². The predicted molar refractivity (Wildman–Crippen MR) is 95.2 cm³/mol. The maximum atomic E-state index is 12.4. The van der Waals surface area contributed by atoms with E-state index >= 15 is 0 Å². The van der Waals surface area contributed by atoms with Crippen molar-refractivity contribution in [1.82, 2.24) is 0 Å². The number of nitrogens with one attached hydrogen (secondary N) is 1. The molecule has 0 amide bonds. The van der Waals surface area contributed by atoms with Crippen LogP contribution in [0.5, 0.6) is 5.75 Å². The fraction of sp³-hybridized carbons (Fsp3) is 0. The summed E-state index contributed by atoms with van der Waals surface area (Å²) in [6.07, 6.45) is 0. The highest BCUT2D eigenvalue weighted by Crippen LogP contribution is 2.30. The molecule has 0 aromatic heterocycles. The van der Waals surface area contributed by atoms with Crippen molar-refractivity contribution in [1.29, 1.82) is 0 Å². The summed E-state index contributed by atoms with van der Waals surface area (Å²) in [6, 6.07) is 19.8. The topological polar surface area (TPSA) is 92.4 Å². The van der Waals surface area contributed by atoms with Crippen LogP contribution in [0.2, 0.25) is 0 Å². The van der Waals surface area contributed by atoms with Gasteiger partial charge in [0.25, 0.3) is 10.0 Å². The van der Waals surface area contributed by atoms with E-state index in [0.29, 0.717) is 22.5 Å². The van der Waals surface area contributed by atoms with E-state index in [4.69, 9.17) is 5.73 Å². The third kappa shape index (κ3) is 3.33. The second-order valence-corrected chi connectivity index (χ2v) is 6.95. The molecule has 0 saturated heterocycles. The number of phenols is 1. The first kappa shape index (κ1) is 15.9. The lowest BCUT2D eigenvalue weighted by atomic mass is 10.0. The van der Waals surface area contributed by atoms with Gasteiger partial charge in [0.1, 0.15) is 5.75 Å². The van der Waals surface area contributed by atoms with Crippen molar-refractivity contribution in [2.24, 2.45) is 0 Å². The summed E-state index contributed by atoms with van der Waals surface area (Å²) >= 11 is 0. The smallest absolute Gasteiger partial charge is 0.261 e. The first-order valence-corrected chi connectivity index (χ1v) is 8.71. The second kappa shape index (κ2) is 6.25. The molecule has 0 saturated carbocycles. The predicted octanol–water partition coefficient (Wildman–Crippen LogP) is 3.44. The molecule has 6 heteroatoms. The number of aromatic hydroxyl groups is 1. The van der Waals surface area contributed by atoms with Gasteiger partial charge < -0.3 is 10.8 Å². The molecule has 0 radical (unpaired) electrons. The quantitative estimate of drug-likeness (QED) is 0.634. The van der Waals surface area contributed by atoms with Crippen molar-refractivity contribution in [2.75, 3.05) is 10.5 Å². The van der Waals surface area contributed by atoms with Gasteiger partial charge in [0, 0.05) is 16.9 Å². The van der Waals surface area contributed by atoms with Gasteiger partial charge in [0.15, 0.2) is 0 Å². The van der Waals surface area contributed by atoms with Gasteiger partial charge in [-0.05, 0) is 42.0 Å². The molecule has 3 rings (SSSR count). The first-order valence-electron chi connectivity index (χ1n) is 7.22. The molecular weight excluding hydrogens is 324 g/mol. The van der Waals surface area contributed by atoms with Gasteiger partial charge in [-0.3, -0.25) is 4.72 Å². The molecule has 0 spiro atoms. The third-order valence-electron chi connectivity index (χ3n) is 3.52. The fourth-order valence-electron chi connectivity index (χ4n) is 2.36. The van der Waals surface area contributed by atoms with Crippen LogP contribution in [0.1, 0.15) is 0 Å². The van der Waals surface area contributed by atoms with Gasteiger partial charge in [-0.1, -0.05) is 36.4 Å². The Morgan fingerprint density at radius 1 is 0.875 bits per heavy atom. The molecule has 3 aromatic carbocycles. The Balaban J connectivity index is 1.94. The lowest BCUT2D eigenvalue weighted by Crippen LogP contribution is -2.13. The van der Waals surface area contributed by atoms with Crippen LogP contribution in [-0.4, -0.2) is 13.5 Å². The molecule has 24 heavy (non-hydrogen) atoms. The summed E-state index contributed by atoms with van der Waals surface area (Å²) in [7, 11) is -3.72. The lowest BCUT2D eigenvalue weighted by molar-refractivity contribution is 0.475. The van der Waals surface area contributed by atoms with Gasteiger partial charge in [0.2, 0.25) is 0 Å². The van der Waals surface area contributed by atoms with E-state index in [1.807, 2.05) is 0 Å². The van der Waals surface area contributed by atoms with Crippen molar-refractivity contribution in [3.63, 3.8) is 0 Å². The van der Waals surface area contributed by atoms with E-state index < -0.39 is 10.0 Å². The Kier molecular flexibility index (Phi) is 4.14. The van der Waals surface area contributed by atoms with Crippen LogP contribution in [0, 0.1) is 0 Å². The summed E-state index contributed by atoms with van der Waals surface area (Å²) in [5.74, 6) is 0.120. The number of phenolic OH excluding ortho intramolecular Hbond substituents is 1. The Morgan fingerprint density at radius 2 is 1.62 bits per heavy atom. The molecule has 0 aliphatic rings. The number of nitrogens with two attached hydrogens (primary N) is 1. The van der Waals surface area contributed by atoms with Gasteiger partial charge in [-0.15, -0.1) is 0 Å². The number of sulfonamides is 1. The van der Waals surface area contributed by atoms with Crippen LogP contribution in [0.4, 0.5) is 11.4 Å². The molecule has 5 nitrogen and oxygen atoms in total. The number of rotatable bonds is 4. The van der Waals surface area contributed by atoms with Crippen molar-refractivity contribution >= 4 is 21.4 Å². The Labute approximate surface area is 140 Å². The van der Waals surface area contributed by atoms with Gasteiger partial charge >= 0.3 is 0 Å². The lowest BCUT2D eigenvalue weighted by Gasteiger charge is -2.11. The normalized spacial score (nSPS) is 11.2. The van der Waals surface area contributed by atoms with Gasteiger partial charge in [-0.25, -0.2) is 8.42 Å². The highest BCUT2D eigenvalue weighted by atomic mass is 32.2. The second-order valence-electron chi connectivity index (χ2n) is 5.27. The van der Waals surface area contributed by atoms with Gasteiger partial charge in [0.05, 0.1) is 4.90 Å². The molecule has 0 atom stereocenters. The molecule has 0 heterocycles. The molecule has 4 N–H and O–H groups in total. The molecular formula is C18H16N2O3S. The molecule has 0 bridgehead atoms. The number of benzene rings is 3. The highest BCUT2D eigenvalue weighted by molar-refractivity contribution is 7.92. The Bertz CT molecular complexity index is 971. The zero-order valence-electron chi connectivity index (χ0n) is 12.7. The molecule has 0 unspecified atom stereocenters. The van der Waals surface area contributed by atoms with E-state index in [1.54, 1.807) is 60.7 Å². The highest BCUT2D eigenvalue weighted by Gasteiger charge is 2.16. The molecule has 122 valence electrons. The standard InChI is InChI=1S/C18H16N2O3S/c19-18-12-16(24(22,23)20-14-6-2-1-3-7-14)9-10-17(18)13-5-4-8-15(21)11-13/h1-12,20-21H,19H2. The largest absolute Gasteiger partial charge is 0.508 e. The van der Waals surface area contributed by atoms with Crippen LogP contribution in [-0.2, 0) is 10.0 Å². The minimum Gasteiger partial charge on any atom is -0.508 e. The van der Waals surface area contributed by atoms with E-state index in [2.05, 4.69) is 4.72 Å². The Morgan fingerprint density at radius 3 is 2.29 bits per heavy atom. The SMILES string of the molecule is Nc1cc(S(=O)(=O)Nc2ccccc2)ccc1-c1cccc(O)c1. The molecule has 0 aliphatic heterocycles. The minimum atomic E-state index is -3.72. The van der Waals surface area contributed by atoms with Crippen LogP contribution < -0.4 is 10.5 Å². The van der Waals surface area contributed by atoms with Crippen LogP contribution >= 0.6 is 0 Å². The van der Waals surface area contributed by atoms with E-state index in [0.717, 1.165) is 0 Å². The number of anilines is 2. The van der Waals surface area contributed by atoms with Gasteiger partial charge in [-0.2, -0.15) is 0 Å². The molecule has 0 fully saturated rings. The van der Waals surface area contributed by atoms with Crippen LogP contribution in [0.15, 0.2) is 77.7 Å². The average Bonchev–Trinajstić information content (AvgIpc) is 2.55. The number of hydrogen-bond acceptors (Lipinski definition) is 4. The molecule has 3 aromatic rings. The summed E-state index contributed by atoms with van der Waals surface area (Å²) in [6.45, 7) is 0. The van der Waals surface area contributed by atoms with Crippen molar-refractivity contribution in [3.8, 4) is 16.9 Å². The zero-order valence-corrected chi connectivity index (χ0v) is 13.5. The summed E-state index contributed by atoms with van der Waals surface area (Å²) in [5.41, 5.74) is 8.19. The van der Waals surface area contributed by atoms with E-state index in [9.17, 15) is 13.5 Å². The summed E-state index contributed by atoms with van der Waals surface area (Å²) in [4.78, 5) is 0.0766. The fourth-order valence-corrected chi connectivity index (χ4v) is 3.46. The maximum absolute atomic E-state index is 12.4. The first-order chi connectivity index (χ1) is 11.5. The minimum absolute atomic E-state index is 0.0766. The van der Waals surface area contributed by atoms with Crippen molar-refractivity contribution in [2.45, 2.75) is 4.90 Å². The number of nitrogen functional groups attached to an aromatic ring is 1. The van der Waals surface area contributed by atoms with Crippen molar-refractivity contribution in [3.05, 3.63) is 72.8 Å². The van der Waals surface area contributed by atoms with Crippen LogP contribution in [0.3, 0.4) is 0 Å². The summed E-state index contributed by atoms with van der Waals surface area (Å²) < 4.78 is 27.4. The number of para-hydroxylation sites is 1. The number of hydrogen-bond donors (Lipinski definition) is 3.